The number of hydrogen-bond acceptors (Lipinski definition) is 2. The van der Waals surface area contributed by atoms with Crippen LogP contribution in [0.15, 0.2) is 24.3 Å². The van der Waals surface area contributed by atoms with E-state index < -0.39 is 0 Å². The van der Waals surface area contributed by atoms with Crippen LogP contribution < -0.4 is 10.6 Å². The number of nitrogens with one attached hydrogen (secondary N) is 2. The molecule has 0 spiro atoms. The Morgan fingerprint density at radius 3 is 2.41 bits per heavy atom. The first-order valence-electron chi connectivity index (χ1n) is 5.47. The number of amides is 2. The van der Waals surface area contributed by atoms with Crippen molar-refractivity contribution in [3.63, 3.8) is 0 Å². The molecule has 1 rings (SSSR count). The highest BCUT2D eigenvalue weighted by molar-refractivity contribution is 6.30. The number of anilines is 1. The van der Waals surface area contributed by atoms with Gasteiger partial charge in [-0.3, -0.25) is 0 Å². The highest BCUT2D eigenvalue weighted by Gasteiger charge is 2.14. The van der Waals surface area contributed by atoms with Gasteiger partial charge in [-0.05, 0) is 30.2 Å². The van der Waals surface area contributed by atoms with Gasteiger partial charge in [-0.1, -0.05) is 25.4 Å². The van der Waals surface area contributed by atoms with E-state index in [2.05, 4.69) is 10.6 Å². The molecule has 0 saturated heterocycles. The summed E-state index contributed by atoms with van der Waals surface area (Å²) in [5.41, 5.74) is 0.660. The van der Waals surface area contributed by atoms with Gasteiger partial charge < -0.3 is 15.7 Å². The van der Waals surface area contributed by atoms with Gasteiger partial charge in [0.15, 0.2) is 0 Å². The van der Waals surface area contributed by atoms with Crippen LogP contribution in [0.1, 0.15) is 13.8 Å². The second-order valence-corrected chi connectivity index (χ2v) is 4.57. The fourth-order valence-corrected chi connectivity index (χ4v) is 1.42. The standard InChI is InChI=1S/C12H17ClN2O2/c1-8(2)11(7-16)15-12(17)14-10-5-3-9(13)4-6-10/h3-6,8,11,16H,7H2,1-2H3,(H2,14,15,17)/t11-/m1/s1. The number of rotatable bonds is 4. The average molecular weight is 257 g/mol. The van der Waals surface area contributed by atoms with Gasteiger partial charge in [0, 0.05) is 10.7 Å². The number of carbonyl (C=O) groups is 1. The first-order chi connectivity index (χ1) is 8.02. The van der Waals surface area contributed by atoms with Crippen molar-refractivity contribution >= 4 is 23.3 Å². The third-order valence-corrected chi connectivity index (χ3v) is 2.67. The van der Waals surface area contributed by atoms with Crippen LogP contribution in [0.4, 0.5) is 10.5 Å². The molecule has 94 valence electrons. The molecule has 17 heavy (non-hydrogen) atoms. The van der Waals surface area contributed by atoms with Crippen LogP contribution in [0.5, 0.6) is 0 Å². The Hall–Kier alpha value is -1.26. The van der Waals surface area contributed by atoms with Gasteiger partial charge in [0.05, 0.1) is 12.6 Å². The number of benzene rings is 1. The zero-order valence-electron chi connectivity index (χ0n) is 9.90. The number of urea groups is 1. The summed E-state index contributed by atoms with van der Waals surface area (Å²) in [5, 5.41) is 15.1. The van der Waals surface area contributed by atoms with Crippen molar-refractivity contribution in [2.24, 2.45) is 5.92 Å². The second-order valence-electron chi connectivity index (χ2n) is 4.14. The van der Waals surface area contributed by atoms with Crippen molar-refractivity contribution in [3.8, 4) is 0 Å². The Kier molecular flexibility index (Phi) is 5.25. The van der Waals surface area contributed by atoms with E-state index >= 15 is 0 Å². The minimum atomic E-state index is -0.333. The van der Waals surface area contributed by atoms with Crippen LogP contribution in [-0.4, -0.2) is 23.8 Å². The van der Waals surface area contributed by atoms with Gasteiger partial charge in [-0.15, -0.1) is 0 Å². The maximum absolute atomic E-state index is 11.6. The lowest BCUT2D eigenvalue weighted by Gasteiger charge is -2.20. The molecule has 0 bridgehead atoms. The van der Waals surface area contributed by atoms with Crippen LogP contribution >= 0.6 is 11.6 Å². The molecule has 0 aliphatic carbocycles. The quantitative estimate of drug-likeness (QED) is 0.775. The molecule has 2 amide bonds. The van der Waals surface area contributed by atoms with Gasteiger partial charge in [0.25, 0.3) is 0 Å². The van der Waals surface area contributed by atoms with Crippen LogP contribution in [0.2, 0.25) is 5.02 Å². The van der Waals surface area contributed by atoms with E-state index in [1.165, 1.54) is 0 Å². The zero-order valence-corrected chi connectivity index (χ0v) is 10.7. The summed E-state index contributed by atoms with van der Waals surface area (Å²) in [6, 6.07) is 6.24. The molecule has 0 heterocycles. The maximum Gasteiger partial charge on any atom is 0.319 e. The van der Waals surface area contributed by atoms with Crippen molar-refractivity contribution in [2.75, 3.05) is 11.9 Å². The van der Waals surface area contributed by atoms with E-state index in [9.17, 15) is 4.79 Å². The monoisotopic (exact) mass is 256 g/mol. The Morgan fingerprint density at radius 1 is 1.35 bits per heavy atom. The fourth-order valence-electron chi connectivity index (χ4n) is 1.29. The van der Waals surface area contributed by atoms with E-state index in [-0.39, 0.29) is 24.6 Å². The van der Waals surface area contributed by atoms with Gasteiger partial charge in [-0.25, -0.2) is 4.79 Å². The highest BCUT2D eigenvalue weighted by atomic mass is 35.5. The molecule has 0 aromatic heterocycles. The lowest BCUT2D eigenvalue weighted by Crippen LogP contribution is -2.43. The minimum absolute atomic E-state index is 0.0777. The Bertz CT molecular complexity index is 365. The SMILES string of the molecule is CC(C)[C@@H](CO)NC(=O)Nc1ccc(Cl)cc1. The Morgan fingerprint density at radius 2 is 1.94 bits per heavy atom. The molecule has 0 aliphatic rings. The number of halogens is 1. The lowest BCUT2D eigenvalue weighted by atomic mass is 10.1. The molecule has 0 radical (unpaired) electrons. The van der Waals surface area contributed by atoms with E-state index in [1.54, 1.807) is 24.3 Å². The lowest BCUT2D eigenvalue weighted by molar-refractivity contribution is 0.204. The van der Waals surface area contributed by atoms with E-state index in [0.29, 0.717) is 10.7 Å². The van der Waals surface area contributed by atoms with E-state index in [4.69, 9.17) is 16.7 Å². The Labute approximate surface area is 106 Å². The van der Waals surface area contributed by atoms with Crippen molar-refractivity contribution < 1.29 is 9.90 Å². The predicted octanol–water partition coefficient (Wildman–Crippen LogP) is 2.48. The summed E-state index contributed by atoms with van der Waals surface area (Å²) < 4.78 is 0. The second kappa shape index (κ2) is 6.47. The van der Waals surface area contributed by atoms with Crippen molar-refractivity contribution in [2.45, 2.75) is 19.9 Å². The largest absolute Gasteiger partial charge is 0.394 e. The first-order valence-corrected chi connectivity index (χ1v) is 5.84. The molecule has 5 heteroatoms. The van der Waals surface area contributed by atoms with E-state index in [0.717, 1.165) is 0 Å². The third-order valence-electron chi connectivity index (χ3n) is 2.42. The third kappa shape index (κ3) is 4.63. The number of aliphatic hydroxyl groups is 1. The van der Waals surface area contributed by atoms with Crippen LogP contribution in [0.3, 0.4) is 0 Å². The minimum Gasteiger partial charge on any atom is -0.394 e. The van der Waals surface area contributed by atoms with Gasteiger partial charge in [0.2, 0.25) is 0 Å². The molecular formula is C12H17ClN2O2. The van der Waals surface area contributed by atoms with E-state index in [1.807, 2.05) is 13.8 Å². The molecule has 0 aliphatic heterocycles. The molecule has 0 unspecified atom stereocenters. The summed E-state index contributed by atoms with van der Waals surface area (Å²) >= 11 is 5.74. The normalized spacial score (nSPS) is 12.3. The average Bonchev–Trinajstić information content (AvgIpc) is 2.28. The molecular weight excluding hydrogens is 240 g/mol. The number of carbonyl (C=O) groups excluding carboxylic acids is 1. The zero-order chi connectivity index (χ0) is 12.8. The van der Waals surface area contributed by atoms with Crippen LogP contribution in [-0.2, 0) is 0 Å². The maximum atomic E-state index is 11.6. The van der Waals surface area contributed by atoms with Crippen molar-refractivity contribution in [1.82, 2.24) is 5.32 Å². The van der Waals surface area contributed by atoms with Crippen molar-refractivity contribution in [3.05, 3.63) is 29.3 Å². The van der Waals surface area contributed by atoms with Gasteiger partial charge >= 0.3 is 6.03 Å². The number of hydrogen-bond donors (Lipinski definition) is 3. The van der Waals surface area contributed by atoms with Crippen LogP contribution in [0, 0.1) is 5.92 Å². The molecule has 4 nitrogen and oxygen atoms in total. The molecule has 3 N–H and O–H groups in total. The number of aliphatic hydroxyl groups excluding tert-OH is 1. The van der Waals surface area contributed by atoms with Gasteiger partial charge in [-0.2, -0.15) is 0 Å². The molecule has 1 aromatic carbocycles. The molecule has 0 saturated carbocycles. The fraction of sp³-hybridized carbons (Fsp3) is 0.417. The summed E-state index contributed by atoms with van der Waals surface area (Å²) in [6.45, 7) is 3.79. The van der Waals surface area contributed by atoms with Crippen LogP contribution in [0.25, 0.3) is 0 Å². The summed E-state index contributed by atoms with van der Waals surface area (Å²) in [4.78, 5) is 11.6. The molecule has 0 fully saturated rings. The summed E-state index contributed by atoms with van der Waals surface area (Å²) in [6.07, 6.45) is 0. The predicted molar refractivity (Wildman–Crippen MR) is 69.3 cm³/mol. The first kappa shape index (κ1) is 13.8. The Balaban J connectivity index is 2.52. The van der Waals surface area contributed by atoms with Gasteiger partial charge in [0.1, 0.15) is 0 Å². The highest BCUT2D eigenvalue weighted by Crippen LogP contribution is 2.13. The summed E-state index contributed by atoms with van der Waals surface area (Å²) in [7, 11) is 0. The smallest absolute Gasteiger partial charge is 0.319 e. The molecule has 1 aromatic rings. The van der Waals surface area contributed by atoms with Crippen molar-refractivity contribution in [1.29, 1.82) is 0 Å². The topological polar surface area (TPSA) is 61.4 Å². The molecule has 1 atom stereocenters. The summed E-state index contributed by atoms with van der Waals surface area (Å²) in [5.74, 6) is 0.177.